The van der Waals surface area contributed by atoms with Crippen LogP contribution in [-0.4, -0.2) is 11.6 Å². The van der Waals surface area contributed by atoms with Crippen molar-refractivity contribution >= 4 is 50.7 Å². The van der Waals surface area contributed by atoms with Gasteiger partial charge in [-0.1, -0.05) is 96.5 Å². The van der Waals surface area contributed by atoms with Crippen molar-refractivity contribution in [1.82, 2.24) is 5.43 Å². The monoisotopic (exact) mass is 416 g/mol. The van der Waals surface area contributed by atoms with Gasteiger partial charge >= 0.3 is 0 Å². The summed E-state index contributed by atoms with van der Waals surface area (Å²) in [6, 6.07) is 27.3. The number of thiophene rings is 1. The SMILES string of the molecule is O=C(NN=C(C=Cc1ccccc1)c1ccccc1)c1sc2ccccc2c1Cl. The smallest absolute Gasteiger partial charge is 0.266 e. The van der Waals surface area contributed by atoms with Crippen molar-refractivity contribution in [1.29, 1.82) is 0 Å². The van der Waals surface area contributed by atoms with E-state index in [1.165, 1.54) is 11.3 Å². The van der Waals surface area contributed by atoms with Gasteiger partial charge in [-0.15, -0.1) is 11.3 Å². The van der Waals surface area contributed by atoms with Gasteiger partial charge in [0.05, 0.1) is 10.7 Å². The largest absolute Gasteiger partial charge is 0.283 e. The molecule has 0 fully saturated rings. The number of hydrazone groups is 1. The Morgan fingerprint density at radius 2 is 1.55 bits per heavy atom. The van der Waals surface area contributed by atoms with Crippen molar-refractivity contribution in [3.8, 4) is 0 Å². The second-order valence-corrected chi connectivity index (χ2v) is 7.72. The van der Waals surface area contributed by atoms with Crippen LogP contribution >= 0.6 is 22.9 Å². The van der Waals surface area contributed by atoms with Gasteiger partial charge in [0.25, 0.3) is 5.91 Å². The van der Waals surface area contributed by atoms with Crippen molar-refractivity contribution in [3.05, 3.63) is 112 Å². The molecule has 0 radical (unpaired) electrons. The minimum absolute atomic E-state index is 0.322. The van der Waals surface area contributed by atoms with Gasteiger partial charge in [0.2, 0.25) is 0 Å². The quantitative estimate of drug-likeness (QED) is 0.296. The predicted octanol–water partition coefficient (Wildman–Crippen LogP) is 6.40. The number of hydrogen-bond donors (Lipinski definition) is 1. The highest BCUT2D eigenvalue weighted by atomic mass is 35.5. The van der Waals surface area contributed by atoms with E-state index in [0.717, 1.165) is 21.2 Å². The number of nitrogens with one attached hydrogen (secondary N) is 1. The molecule has 1 heterocycles. The van der Waals surface area contributed by atoms with Gasteiger partial charge < -0.3 is 0 Å². The Morgan fingerprint density at radius 1 is 0.897 bits per heavy atom. The Hall–Kier alpha value is -3.21. The lowest BCUT2D eigenvalue weighted by atomic mass is 10.1. The van der Waals surface area contributed by atoms with Gasteiger partial charge in [-0.05, 0) is 17.7 Å². The number of allylic oxidation sites excluding steroid dienone is 1. The van der Waals surface area contributed by atoms with Crippen LogP contribution in [0.25, 0.3) is 16.2 Å². The van der Waals surface area contributed by atoms with E-state index in [2.05, 4.69) is 10.5 Å². The Balaban J connectivity index is 1.62. The van der Waals surface area contributed by atoms with Gasteiger partial charge in [0.1, 0.15) is 4.88 Å². The van der Waals surface area contributed by atoms with Crippen LogP contribution in [-0.2, 0) is 0 Å². The molecular weight excluding hydrogens is 400 g/mol. The van der Waals surface area contributed by atoms with Crippen molar-refractivity contribution in [2.24, 2.45) is 5.10 Å². The molecule has 142 valence electrons. The fourth-order valence-electron chi connectivity index (χ4n) is 2.87. The summed E-state index contributed by atoms with van der Waals surface area (Å²) in [4.78, 5) is 13.2. The first-order valence-electron chi connectivity index (χ1n) is 9.06. The molecule has 1 aromatic heterocycles. The third kappa shape index (κ3) is 4.45. The number of hydrogen-bond acceptors (Lipinski definition) is 3. The highest BCUT2D eigenvalue weighted by Gasteiger charge is 2.16. The minimum atomic E-state index is -0.322. The number of carbonyl (C=O) groups is 1. The maximum Gasteiger partial charge on any atom is 0.283 e. The number of nitrogens with zero attached hydrogens (tertiary/aromatic N) is 1. The van der Waals surface area contributed by atoms with Crippen LogP contribution in [0.1, 0.15) is 20.8 Å². The lowest BCUT2D eigenvalue weighted by Gasteiger charge is -2.04. The average molecular weight is 417 g/mol. The molecule has 0 aliphatic carbocycles. The van der Waals surface area contributed by atoms with Crippen molar-refractivity contribution in [3.63, 3.8) is 0 Å². The molecule has 0 atom stereocenters. The zero-order chi connectivity index (χ0) is 20.1. The van der Waals surface area contributed by atoms with E-state index in [-0.39, 0.29) is 5.91 Å². The van der Waals surface area contributed by atoms with Gasteiger partial charge in [-0.2, -0.15) is 5.10 Å². The van der Waals surface area contributed by atoms with Crippen molar-refractivity contribution in [2.45, 2.75) is 0 Å². The fraction of sp³-hybridized carbons (Fsp3) is 0. The van der Waals surface area contributed by atoms with E-state index < -0.39 is 0 Å². The summed E-state index contributed by atoms with van der Waals surface area (Å²) in [6.07, 6.45) is 3.85. The lowest BCUT2D eigenvalue weighted by molar-refractivity contribution is 0.0959. The molecular formula is C24H17ClN2OS. The molecule has 4 aromatic rings. The minimum Gasteiger partial charge on any atom is -0.266 e. The molecule has 29 heavy (non-hydrogen) atoms. The third-order valence-corrected chi connectivity index (χ3v) is 6.00. The number of amides is 1. The van der Waals surface area contributed by atoms with Gasteiger partial charge in [-0.25, -0.2) is 5.43 Å². The summed E-state index contributed by atoms with van der Waals surface area (Å²) in [7, 11) is 0. The number of halogens is 1. The molecule has 5 heteroatoms. The van der Waals surface area contributed by atoms with E-state index in [9.17, 15) is 4.79 Å². The first kappa shape index (κ1) is 19.1. The van der Waals surface area contributed by atoms with E-state index in [1.807, 2.05) is 97.1 Å². The van der Waals surface area contributed by atoms with Crippen LogP contribution in [0.3, 0.4) is 0 Å². The number of rotatable bonds is 5. The normalized spacial score (nSPS) is 11.8. The standard InChI is InChI=1S/C24H17ClN2OS/c25-22-19-13-7-8-14-21(19)29-23(22)24(28)27-26-20(18-11-5-2-6-12-18)16-15-17-9-3-1-4-10-17/h1-16H,(H,27,28). The molecule has 3 nitrogen and oxygen atoms in total. The highest BCUT2D eigenvalue weighted by molar-refractivity contribution is 7.21. The van der Waals surface area contributed by atoms with Gasteiger partial charge in [0, 0.05) is 15.6 Å². The summed E-state index contributed by atoms with van der Waals surface area (Å²) in [6.45, 7) is 0. The molecule has 0 bridgehead atoms. The molecule has 0 spiro atoms. The predicted molar refractivity (Wildman–Crippen MR) is 123 cm³/mol. The van der Waals surface area contributed by atoms with Crippen molar-refractivity contribution in [2.75, 3.05) is 0 Å². The van der Waals surface area contributed by atoms with Crippen LogP contribution in [0.15, 0.2) is 96.1 Å². The van der Waals surface area contributed by atoms with Gasteiger partial charge in [-0.3, -0.25) is 4.79 Å². The second kappa shape index (κ2) is 8.86. The summed E-state index contributed by atoms with van der Waals surface area (Å²) >= 11 is 7.77. The maximum atomic E-state index is 12.7. The second-order valence-electron chi connectivity index (χ2n) is 6.29. The first-order valence-corrected chi connectivity index (χ1v) is 10.3. The first-order chi connectivity index (χ1) is 14.2. The molecule has 0 saturated carbocycles. The topological polar surface area (TPSA) is 41.5 Å². The Morgan fingerprint density at radius 3 is 2.28 bits per heavy atom. The molecule has 3 aromatic carbocycles. The Kier molecular flexibility index (Phi) is 5.84. The van der Waals surface area contributed by atoms with Crippen LogP contribution < -0.4 is 5.43 Å². The highest BCUT2D eigenvalue weighted by Crippen LogP contribution is 2.34. The van der Waals surface area contributed by atoms with E-state index in [1.54, 1.807) is 0 Å². The number of benzene rings is 3. The molecule has 4 rings (SSSR count). The summed E-state index contributed by atoms with van der Waals surface area (Å²) in [5, 5.41) is 5.71. The molecule has 1 N–H and O–H groups in total. The third-order valence-electron chi connectivity index (χ3n) is 4.32. The zero-order valence-corrected chi connectivity index (χ0v) is 17.0. The Bertz CT molecular complexity index is 1200. The summed E-state index contributed by atoms with van der Waals surface area (Å²) < 4.78 is 0.971. The number of carbonyl (C=O) groups excluding carboxylic acids is 1. The van der Waals surface area contributed by atoms with Gasteiger partial charge in [0.15, 0.2) is 0 Å². The van der Waals surface area contributed by atoms with E-state index >= 15 is 0 Å². The van der Waals surface area contributed by atoms with E-state index in [0.29, 0.717) is 15.6 Å². The molecule has 1 amide bonds. The Labute approximate surface area is 178 Å². The lowest BCUT2D eigenvalue weighted by Crippen LogP contribution is -2.18. The van der Waals surface area contributed by atoms with Crippen LogP contribution in [0.2, 0.25) is 5.02 Å². The fourth-order valence-corrected chi connectivity index (χ4v) is 4.27. The van der Waals surface area contributed by atoms with Crippen LogP contribution in [0, 0.1) is 0 Å². The summed E-state index contributed by atoms with van der Waals surface area (Å²) in [5.74, 6) is -0.322. The van der Waals surface area contributed by atoms with Crippen molar-refractivity contribution < 1.29 is 4.79 Å². The van der Waals surface area contributed by atoms with Crippen LogP contribution in [0.4, 0.5) is 0 Å². The molecule has 0 aliphatic rings. The van der Waals surface area contributed by atoms with Crippen LogP contribution in [0.5, 0.6) is 0 Å². The molecule has 0 saturated heterocycles. The number of fused-ring (bicyclic) bond motifs is 1. The molecule has 0 aliphatic heterocycles. The zero-order valence-electron chi connectivity index (χ0n) is 15.4. The van der Waals surface area contributed by atoms with E-state index in [4.69, 9.17) is 11.6 Å². The maximum absolute atomic E-state index is 12.7. The summed E-state index contributed by atoms with van der Waals surface area (Å²) in [5.41, 5.74) is 5.27. The molecule has 0 unspecified atom stereocenters. The average Bonchev–Trinajstić information content (AvgIpc) is 3.12.